The van der Waals surface area contributed by atoms with E-state index in [2.05, 4.69) is 9.97 Å². The van der Waals surface area contributed by atoms with Crippen LogP contribution in [0.5, 0.6) is 0 Å². The fourth-order valence-corrected chi connectivity index (χ4v) is 3.11. The Labute approximate surface area is 146 Å². The molecule has 0 saturated heterocycles. The highest BCUT2D eigenvalue weighted by molar-refractivity contribution is 6.21. The van der Waals surface area contributed by atoms with E-state index < -0.39 is 0 Å². The molecule has 4 rings (SSSR count). The first-order chi connectivity index (χ1) is 12.7. The third-order valence-corrected chi connectivity index (χ3v) is 4.22. The quantitative estimate of drug-likeness (QED) is 0.453. The zero-order valence-corrected chi connectivity index (χ0v) is 13.1. The van der Waals surface area contributed by atoms with Gasteiger partial charge in [0.05, 0.1) is 11.0 Å². The molecule has 0 aliphatic rings. The van der Waals surface area contributed by atoms with Crippen LogP contribution in [0.3, 0.4) is 0 Å². The fraction of sp³-hybridized carbons (Fsp3) is 0. The lowest BCUT2D eigenvalue weighted by Crippen LogP contribution is -2.16. The summed E-state index contributed by atoms with van der Waals surface area (Å²) >= 11 is 0. The van der Waals surface area contributed by atoms with Crippen LogP contribution in [0.4, 0.5) is 0 Å². The number of rotatable bonds is 0. The summed E-state index contributed by atoms with van der Waals surface area (Å²) in [6, 6.07) is 18.3. The van der Waals surface area contributed by atoms with E-state index in [0.717, 1.165) is 21.5 Å². The monoisotopic (exact) mass is 330 g/mol. The molecule has 0 amide bonds. The van der Waals surface area contributed by atoms with Crippen molar-refractivity contribution in [1.29, 1.82) is 21.0 Å². The Bertz CT molecular complexity index is 1300. The average Bonchev–Trinajstić information content (AvgIpc) is 2.67. The average molecular weight is 330 g/mol. The van der Waals surface area contributed by atoms with Crippen LogP contribution in [-0.2, 0) is 0 Å². The minimum Gasteiger partial charge on any atom is -0.227 e. The lowest BCUT2D eigenvalue weighted by molar-refractivity contribution is 1.16. The van der Waals surface area contributed by atoms with Gasteiger partial charge in [-0.25, -0.2) is 9.97 Å². The second-order valence-electron chi connectivity index (χ2n) is 5.59. The zero-order chi connectivity index (χ0) is 18.3. The molecule has 0 spiro atoms. The van der Waals surface area contributed by atoms with Gasteiger partial charge in [0.25, 0.3) is 0 Å². The van der Waals surface area contributed by atoms with Crippen LogP contribution in [0.1, 0.15) is 0 Å². The molecular weight excluding hydrogens is 324 g/mol. The van der Waals surface area contributed by atoms with E-state index in [0.29, 0.717) is 16.3 Å². The van der Waals surface area contributed by atoms with Crippen molar-refractivity contribution in [3.63, 3.8) is 0 Å². The second-order valence-corrected chi connectivity index (χ2v) is 5.59. The fourth-order valence-electron chi connectivity index (χ4n) is 3.11. The molecule has 0 aliphatic carbocycles. The highest BCUT2D eigenvalue weighted by Crippen LogP contribution is 2.30. The Morgan fingerprint density at radius 1 is 0.654 bits per heavy atom. The van der Waals surface area contributed by atoms with E-state index in [1.54, 1.807) is 24.3 Å². The largest absolute Gasteiger partial charge is 0.227 e. The van der Waals surface area contributed by atoms with Crippen molar-refractivity contribution in [3.8, 4) is 24.3 Å². The van der Waals surface area contributed by atoms with Crippen molar-refractivity contribution < 1.29 is 0 Å². The first-order valence-corrected chi connectivity index (χ1v) is 7.51. The predicted molar refractivity (Wildman–Crippen MR) is 94.3 cm³/mol. The molecule has 1 aromatic heterocycles. The van der Waals surface area contributed by atoms with E-state index in [1.807, 2.05) is 36.4 Å². The summed E-state index contributed by atoms with van der Waals surface area (Å²) < 4.78 is 0. The molecule has 0 saturated carbocycles. The Morgan fingerprint density at radius 2 is 1.15 bits per heavy atom. The van der Waals surface area contributed by atoms with Crippen molar-refractivity contribution in [2.75, 3.05) is 0 Å². The number of nitrogens with zero attached hydrogens (tertiary/aromatic N) is 6. The maximum atomic E-state index is 9.13. The molecule has 3 aromatic carbocycles. The number of benzene rings is 3. The maximum Gasteiger partial charge on any atom is 0.182 e. The molecule has 116 valence electrons. The molecule has 0 aliphatic heterocycles. The normalized spacial score (nSPS) is 10.2. The molecule has 1 heterocycles. The first-order valence-electron chi connectivity index (χ1n) is 7.51. The van der Waals surface area contributed by atoms with Gasteiger partial charge in [-0.2, -0.15) is 21.0 Å². The first kappa shape index (κ1) is 15.0. The summed E-state index contributed by atoms with van der Waals surface area (Å²) in [6.45, 7) is 0. The lowest BCUT2D eigenvalue weighted by atomic mass is 9.97. The van der Waals surface area contributed by atoms with Crippen molar-refractivity contribution >= 4 is 43.7 Å². The van der Waals surface area contributed by atoms with Gasteiger partial charge in [0.2, 0.25) is 0 Å². The second kappa shape index (κ2) is 5.53. The topological polar surface area (TPSA) is 121 Å². The summed E-state index contributed by atoms with van der Waals surface area (Å²) in [7, 11) is 0. The number of aromatic nitrogens is 2. The molecule has 26 heavy (non-hydrogen) atoms. The van der Waals surface area contributed by atoms with Gasteiger partial charge < -0.3 is 0 Å². The van der Waals surface area contributed by atoms with Gasteiger partial charge >= 0.3 is 0 Å². The van der Waals surface area contributed by atoms with E-state index in [1.165, 1.54) is 0 Å². The van der Waals surface area contributed by atoms with Crippen LogP contribution in [0.2, 0.25) is 0 Å². The van der Waals surface area contributed by atoms with Crippen molar-refractivity contribution in [1.82, 2.24) is 9.97 Å². The SMILES string of the molecule is N#CC(C#N)=c1cc2ccc3nc(=C(C#N)C#N)nc4ccc(c1)c2c34. The van der Waals surface area contributed by atoms with Crippen LogP contribution >= 0.6 is 0 Å². The highest BCUT2D eigenvalue weighted by Gasteiger charge is 2.12. The van der Waals surface area contributed by atoms with Crippen LogP contribution in [0, 0.1) is 45.3 Å². The molecule has 0 atom stereocenters. The van der Waals surface area contributed by atoms with Gasteiger partial charge in [0, 0.05) is 16.0 Å². The minimum atomic E-state index is -0.139. The van der Waals surface area contributed by atoms with Crippen molar-refractivity contribution in [2.45, 2.75) is 0 Å². The molecule has 6 heteroatoms. The van der Waals surface area contributed by atoms with Crippen molar-refractivity contribution in [3.05, 3.63) is 47.1 Å². The van der Waals surface area contributed by atoms with Crippen LogP contribution in [-0.4, -0.2) is 9.97 Å². The molecule has 0 fully saturated rings. The molecular formula is C20H6N6. The number of hydrogen-bond donors (Lipinski definition) is 0. The maximum absolute atomic E-state index is 9.13. The van der Waals surface area contributed by atoms with Gasteiger partial charge in [-0.05, 0) is 35.0 Å². The van der Waals surface area contributed by atoms with Crippen LogP contribution in [0.15, 0.2) is 36.4 Å². The Hall–Kier alpha value is -4.52. The van der Waals surface area contributed by atoms with Crippen LogP contribution < -0.4 is 10.7 Å². The Kier molecular flexibility index (Phi) is 3.20. The van der Waals surface area contributed by atoms with Gasteiger partial charge in [-0.15, -0.1) is 0 Å². The molecule has 0 unspecified atom stereocenters. The predicted octanol–water partition coefficient (Wildman–Crippen LogP) is 1.77. The van der Waals surface area contributed by atoms with Crippen molar-refractivity contribution in [2.24, 2.45) is 0 Å². The standard InChI is InChI=1S/C20H6N6/c21-7-14(8-22)13-5-11-1-3-16-19-17(4-2-12(6-13)18(11)19)26-20(25-16)15(9-23)10-24/h1-6H. The van der Waals surface area contributed by atoms with Gasteiger partial charge in [0.15, 0.2) is 11.1 Å². The molecule has 0 radical (unpaired) electrons. The Balaban J connectivity index is 2.26. The van der Waals surface area contributed by atoms with Gasteiger partial charge in [-0.3, -0.25) is 0 Å². The summed E-state index contributed by atoms with van der Waals surface area (Å²) in [5, 5.41) is 40.4. The smallest absolute Gasteiger partial charge is 0.182 e. The van der Waals surface area contributed by atoms with E-state index in [9.17, 15) is 0 Å². The number of nitriles is 4. The van der Waals surface area contributed by atoms with E-state index >= 15 is 0 Å². The minimum absolute atomic E-state index is 0.0522. The third kappa shape index (κ3) is 2.01. The number of hydrogen-bond acceptors (Lipinski definition) is 6. The molecule has 4 aromatic rings. The van der Waals surface area contributed by atoms with E-state index in [4.69, 9.17) is 21.0 Å². The summed E-state index contributed by atoms with van der Waals surface area (Å²) in [5.74, 6) is 0. The van der Waals surface area contributed by atoms with Gasteiger partial charge in [-0.1, -0.05) is 12.1 Å². The molecule has 0 bridgehead atoms. The third-order valence-electron chi connectivity index (χ3n) is 4.22. The zero-order valence-electron chi connectivity index (χ0n) is 13.1. The molecule has 0 N–H and O–H groups in total. The summed E-state index contributed by atoms with van der Waals surface area (Å²) in [4.78, 5) is 8.71. The van der Waals surface area contributed by atoms with Crippen LogP contribution in [0.25, 0.3) is 43.7 Å². The summed E-state index contributed by atoms with van der Waals surface area (Å²) in [5.41, 5.74) is 1.27. The summed E-state index contributed by atoms with van der Waals surface area (Å²) in [6.07, 6.45) is 0. The lowest BCUT2D eigenvalue weighted by Gasteiger charge is -2.09. The van der Waals surface area contributed by atoms with E-state index in [-0.39, 0.29) is 16.6 Å². The van der Waals surface area contributed by atoms with Gasteiger partial charge in [0.1, 0.15) is 29.8 Å². The highest BCUT2D eigenvalue weighted by atomic mass is 14.9. The molecule has 6 nitrogen and oxygen atoms in total. The Morgan fingerprint density at radius 3 is 1.62 bits per heavy atom.